The average molecular weight is 257 g/mol. The summed E-state index contributed by atoms with van der Waals surface area (Å²) in [7, 11) is 0. The van der Waals surface area contributed by atoms with Crippen molar-refractivity contribution in [2.75, 3.05) is 11.5 Å². The molecule has 1 aliphatic rings. The van der Waals surface area contributed by atoms with Crippen LogP contribution in [-0.2, 0) is 0 Å². The van der Waals surface area contributed by atoms with Crippen LogP contribution >= 0.6 is 11.8 Å². The third kappa shape index (κ3) is 3.35. The van der Waals surface area contributed by atoms with Gasteiger partial charge in [-0.1, -0.05) is 12.8 Å². The molecule has 0 atom stereocenters. The van der Waals surface area contributed by atoms with Gasteiger partial charge in [0.15, 0.2) is 0 Å². The maximum Gasteiger partial charge on any atom is 0.265 e. The molecule has 0 radical (unpaired) electrons. The van der Waals surface area contributed by atoms with Crippen LogP contribution in [-0.4, -0.2) is 5.75 Å². The Morgan fingerprint density at radius 1 is 1.29 bits per heavy atom. The van der Waals surface area contributed by atoms with Gasteiger partial charge in [0.05, 0.1) is 0 Å². The van der Waals surface area contributed by atoms with E-state index in [4.69, 9.17) is 5.73 Å². The molecule has 0 aliphatic heterocycles. The van der Waals surface area contributed by atoms with Crippen molar-refractivity contribution in [2.24, 2.45) is 5.92 Å². The SMILES string of the molecule is Nc1ccc(SCC2CCCC2)c(C(F)F)c1. The number of alkyl halides is 2. The molecular formula is C13H17F2NS. The molecule has 0 heterocycles. The van der Waals surface area contributed by atoms with Crippen LogP contribution in [0.1, 0.15) is 37.7 Å². The Bertz CT molecular complexity index is 376. The fourth-order valence-electron chi connectivity index (χ4n) is 2.25. The number of anilines is 1. The first-order valence-corrected chi connectivity index (χ1v) is 6.95. The summed E-state index contributed by atoms with van der Waals surface area (Å²) in [6.07, 6.45) is 2.62. The molecule has 1 fully saturated rings. The van der Waals surface area contributed by atoms with Crippen LogP contribution in [0.3, 0.4) is 0 Å². The van der Waals surface area contributed by atoms with Crippen LogP contribution in [0.15, 0.2) is 23.1 Å². The third-order valence-electron chi connectivity index (χ3n) is 3.22. The fraction of sp³-hybridized carbons (Fsp3) is 0.538. The molecule has 4 heteroatoms. The zero-order valence-corrected chi connectivity index (χ0v) is 10.5. The zero-order chi connectivity index (χ0) is 12.3. The van der Waals surface area contributed by atoms with Crippen molar-refractivity contribution < 1.29 is 8.78 Å². The molecule has 0 aromatic heterocycles. The number of benzene rings is 1. The van der Waals surface area contributed by atoms with E-state index in [1.165, 1.54) is 31.7 Å². The van der Waals surface area contributed by atoms with Gasteiger partial charge in [-0.2, -0.15) is 0 Å². The minimum Gasteiger partial charge on any atom is -0.399 e. The largest absolute Gasteiger partial charge is 0.399 e. The highest BCUT2D eigenvalue weighted by Gasteiger charge is 2.18. The quantitative estimate of drug-likeness (QED) is 0.635. The molecule has 0 unspecified atom stereocenters. The summed E-state index contributed by atoms with van der Waals surface area (Å²) in [4.78, 5) is 0.682. The Hall–Kier alpha value is -0.770. The lowest BCUT2D eigenvalue weighted by molar-refractivity contribution is 0.148. The van der Waals surface area contributed by atoms with E-state index >= 15 is 0 Å². The summed E-state index contributed by atoms with van der Waals surface area (Å²) >= 11 is 1.55. The van der Waals surface area contributed by atoms with Gasteiger partial charge >= 0.3 is 0 Å². The van der Waals surface area contributed by atoms with Crippen LogP contribution in [0, 0.1) is 5.92 Å². The van der Waals surface area contributed by atoms with Crippen LogP contribution < -0.4 is 5.73 Å². The van der Waals surface area contributed by atoms with Crippen LogP contribution in [0.5, 0.6) is 0 Å². The minimum absolute atomic E-state index is 0.0768. The van der Waals surface area contributed by atoms with Crippen molar-refractivity contribution in [1.82, 2.24) is 0 Å². The second-order valence-electron chi connectivity index (χ2n) is 4.56. The van der Waals surface area contributed by atoms with Crippen molar-refractivity contribution in [2.45, 2.75) is 37.0 Å². The lowest BCUT2D eigenvalue weighted by atomic mass is 10.1. The topological polar surface area (TPSA) is 26.0 Å². The van der Waals surface area contributed by atoms with E-state index in [-0.39, 0.29) is 5.56 Å². The summed E-state index contributed by atoms with van der Waals surface area (Å²) in [5.41, 5.74) is 6.03. The first kappa shape index (κ1) is 12.7. The van der Waals surface area contributed by atoms with Gasteiger partial charge in [-0.05, 0) is 37.0 Å². The second-order valence-corrected chi connectivity index (χ2v) is 5.62. The molecule has 1 aromatic carbocycles. The molecule has 1 nitrogen and oxygen atoms in total. The molecule has 94 valence electrons. The van der Waals surface area contributed by atoms with Gasteiger partial charge in [0, 0.05) is 21.9 Å². The summed E-state index contributed by atoms with van der Waals surface area (Å²) < 4.78 is 25.7. The molecule has 0 amide bonds. The van der Waals surface area contributed by atoms with Gasteiger partial charge in [-0.15, -0.1) is 11.8 Å². The molecule has 17 heavy (non-hydrogen) atoms. The van der Waals surface area contributed by atoms with E-state index < -0.39 is 6.43 Å². The smallest absolute Gasteiger partial charge is 0.265 e. The zero-order valence-electron chi connectivity index (χ0n) is 9.66. The van der Waals surface area contributed by atoms with E-state index in [0.29, 0.717) is 16.5 Å². The number of nitrogens with two attached hydrogens (primary N) is 1. The highest BCUT2D eigenvalue weighted by Crippen LogP contribution is 2.36. The number of rotatable bonds is 4. The van der Waals surface area contributed by atoms with Crippen molar-refractivity contribution in [3.05, 3.63) is 23.8 Å². The molecule has 0 saturated heterocycles. The molecule has 2 N–H and O–H groups in total. The summed E-state index contributed by atoms with van der Waals surface area (Å²) in [6.45, 7) is 0. The van der Waals surface area contributed by atoms with Crippen molar-refractivity contribution >= 4 is 17.4 Å². The van der Waals surface area contributed by atoms with E-state index in [1.54, 1.807) is 23.9 Å². The van der Waals surface area contributed by atoms with Gasteiger partial charge in [-0.25, -0.2) is 8.78 Å². The van der Waals surface area contributed by atoms with Gasteiger partial charge in [0.1, 0.15) is 0 Å². The Morgan fingerprint density at radius 2 is 2.00 bits per heavy atom. The maximum atomic E-state index is 12.8. The van der Waals surface area contributed by atoms with Crippen molar-refractivity contribution in [3.8, 4) is 0 Å². The standard InChI is InChI=1S/C13H17F2NS/c14-13(15)11-7-10(16)5-6-12(11)17-8-9-3-1-2-4-9/h5-7,9,13H,1-4,8,16H2. The molecule has 0 spiro atoms. The molecule has 0 bridgehead atoms. The lowest BCUT2D eigenvalue weighted by Gasteiger charge is -2.12. The predicted molar refractivity (Wildman–Crippen MR) is 68.5 cm³/mol. The monoisotopic (exact) mass is 257 g/mol. The first-order valence-electron chi connectivity index (χ1n) is 5.97. The van der Waals surface area contributed by atoms with Crippen LogP contribution in [0.25, 0.3) is 0 Å². The number of nitrogen functional groups attached to an aromatic ring is 1. The molecule has 2 rings (SSSR count). The average Bonchev–Trinajstić information content (AvgIpc) is 2.80. The molecule has 1 aliphatic carbocycles. The normalized spacial score (nSPS) is 16.9. The van der Waals surface area contributed by atoms with E-state index in [0.717, 1.165) is 5.75 Å². The van der Waals surface area contributed by atoms with E-state index in [9.17, 15) is 8.78 Å². The van der Waals surface area contributed by atoms with E-state index in [1.807, 2.05) is 0 Å². The van der Waals surface area contributed by atoms with E-state index in [2.05, 4.69) is 0 Å². The number of hydrogen-bond acceptors (Lipinski definition) is 2. The van der Waals surface area contributed by atoms with Gasteiger partial charge in [-0.3, -0.25) is 0 Å². The summed E-state index contributed by atoms with van der Waals surface area (Å²) in [5.74, 6) is 1.65. The molecular weight excluding hydrogens is 240 g/mol. The predicted octanol–water partition coefficient (Wildman–Crippen LogP) is 4.49. The molecule has 1 saturated carbocycles. The van der Waals surface area contributed by atoms with Crippen LogP contribution in [0.2, 0.25) is 0 Å². The highest BCUT2D eigenvalue weighted by atomic mass is 32.2. The van der Waals surface area contributed by atoms with Gasteiger partial charge in [0.2, 0.25) is 0 Å². The third-order valence-corrected chi connectivity index (χ3v) is 4.54. The van der Waals surface area contributed by atoms with Crippen LogP contribution in [0.4, 0.5) is 14.5 Å². The molecule has 1 aromatic rings. The minimum atomic E-state index is -2.44. The number of hydrogen-bond donors (Lipinski definition) is 1. The van der Waals surface area contributed by atoms with Crippen molar-refractivity contribution in [1.29, 1.82) is 0 Å². The number of halogens is 2. The maximum absolute atomic E-state index is 12.8. The fourth-order valence-corrected chi connectivity index (χ4v) is 3.48. The number of thioether (sulfide) groups is 1. The lowest BCUT2D eigenvalue weighted by Crippen LogP contribution is -1.98. The summed E-state index contributed by atoms with van der Waals surface area (Å²) in [5, 5.41) is 0. The summed E-state index contributed by atoms with van der Waals surface area (Å²) in [6, 6.07) is 4.81. The van der Waals surface area contributed by atoms with Gasteiger partial charge in [0.25, 0.3) is 6.43 Å². The second kappa shape index (κ2) is 5.71. The Kier molecular flexibility index (Phi) is 4.26. The first-order chi connectivity index (χ1) is 8.16. The van der Waals surface area contributed by atoms with Gasteiger partial charge < -0.3 is 5.73 Å². The van der Waals surface area contributed by atoms with Crippen molar-refractivity contribution in [3.63, 3.8) is 0 Å². The Morgan fingerprint density at radius 3 is 2.65 bits per heavy atom. The highest BCUT2D eigenvalue weighted by molar-refractivity contribution is 7.99. The Balaban J connectivity index is 2.03. The Labute approximate surface area is 105 Å².